The van der Waals surface area contributed by atoms with Gasteiger partial charge in [0.25, 0.3) is 0 Å². The second kappa shape index (κ2) is 12.2. The number of aliphatic imine (C=N–C) groups is 1. The van der Waals surface area contributed by atoms with Crippen LogP contribution in [-0.4, -0.2) is 50.7 Å². The number of carbonyl (C=O) groups is 1. The number of guanidine groups is 1. The van der Waals surface area contributed by atoms with Gasteiger partial charge in [0.1, 0.15) is 5.82 Å². The van der Waals surface area contributed by atoms with E-state index in [4.69, 9.17) is 0 Å². The lowest BCUT2D eigenvalue weighted by molar-refractivity contribution is -0.116. The first-order valence-electron chi connectivity index (χ1n) is 9.65. The fraction of sp³-hybridized carbons (Fsp3) is 0.364. The van der Waals surface area contributed by atoms with Crippen LogP contribution in [0.1, 0.15) is 16.7 Å². The summed E-state index contributed by atoms with van der Waals surface area (Å²) in [6.45, 7) is 1.44. The lowest BCUT2D eigenvalue weighted by Crippen LogP contribution is -2.36. The first-order valence-corrected chi connectivity index (χ1v) is 11.0. The highest BCUT2D eigenvalue weighted by Gasteiger charge is 2.07. The quantitative estimate of drug-likeness (QED) is 0.421. The number of likely N-dealkylation sites (N-methyl/N-ethyl adjacent to an activating group) is 1. The fourth-order valence-electron chi connectivity index (χ4n) is 2.89. The van der Waals surface area contributed by atoms with E-state index >= 15 is 0 Å². The van der Waals surface area contributed by atoms with Crippen molar-refractivity contribution in [1.29, 1.82) is 0 Å². The zero-order chi connectivity index (χ0) is 21.9. The first-order chi connectivity index (χ1) is 14.4. The SMILES string of the molecule is CN=C(NCc1cccc(NC(=O)CN(C)C)c1)NCc1ccc(F)cc1CSC. The number of halogens is 1. The van der Waals surface area contributed by atoms with Gasteiger partial charge in [0.05, 0.1) is 6.54 Å². The van der Waals surface area contributed by atoms with Crippen molar-refractivity contribution in [3.05, 3.63) is 65.0 Å². The summed E-state index contributed by atoms with van der Waals surface area (Å²) in [5.41, 5.74) is 3.80. The maximum atomic E-state index is 13.5. The van der Waals surface area contributed by atoms with Gasteiger partial charge in [-0.25, -0.2) is 4.39 Å². The third-order valence-electron chi connectivity index (χ3n) is 4.27. The van der Waals surface area contributed by atoms with E-state index in [1.165, 1.54) is 6.07 Å². The van der Waals surface area contributed by atoms with Crippen molar-refractivity contribution in [3.63, 3.8) is 0 Å². The van der Waals surface area contributed by atoms with Gasteiger partial charge in [-0.05, 0) is 61.3 Å². The van der Waals surface area contributed by atoms with E-state index in [-0.39, 0.29) is 11.7 Å². The monoisotopic (exact) mass is 431 g/mol. The molecule has 2 aromatic rings. The number of amides is 1. The molecular weight excluding hydrogens is 401 g/mol. The second-order valence-corrected chi connectivity index (χ2v) is 7.98. The van der Waals surface area contributed by atoms with Gasteiger partial charge in [-0.2, -0.15) is 11.8 Å². The van der Waals surface area contributed by atoms with E-state index in [0.717, 1.165) is 28.1 Å². The maximum absolute atomic E-state index is 13.5. The molecule has 3 N–H and O–H groups in total. The Balaban J connectivity index is 1.92. The van der Waals surface area contributed by atoms with Gasteiger partial charge in [-0.1, -0.05) is 18.2 Å². The molecule has 0 saturated heterocycles. The van der Waals surface area contributed by atoms with Crippen LogP contribution in [0.25, 0.3) is 0 Å². The molecule has 0 bridgehead atoms. The van der Waals surface area contributed by atoms with E-state index in [1.807, 2.05) is 49.5 Å². The lowest BCUT2D eigenvalue weighted by Gasteiger charge is -2.15. The lowest BCUT2D eigenvalue weighted by atomic mass is 10.1. The van der Waals surface area contributed by atoms with E-state index in [0.29, 0.717) is 25.6 Å². The Hall–Kier alpha value is -2.58. The maximum Gasteiger partial charge on any atom is 0.238 e. The van der Waals surface area contributed by atoms with Crippen LogP contribution >= 0.6 is 11.8 Å². The number of nitrogens with one attached hydrogen (secondary N) is 3. The smallest absolute Gasteiger partial charge is 0.238 e. The van der Waals surface area contributed by atoms with Crippen LogP contribution in [0.4, 0.5) is 10.1 Å². The van der Waals surface area contributed by atoms with Gasteiger partial charge >= 0.3 is 0 Å². The number of nitrogens with zero attached hydrogens (tertiary/aromatic N) is 2. The number of carbonyl (C=O) groups excluding carboxylic acids is 1. The number of hydrogen-bond donors (Lipinski definition) is 3. The normalized spacial score (nSPS) is 11.5. The molecule has 0 radical (unpaired) electrons. The summed E-state index contributed by atoms with van der Waals surface area (Å²) in [7, 11) is 5.42. The molecule has 0 unspecified atom stereocenters. The Morgan fingerprint density at radius 2 is 1.87 bits per heavy atom. The van der Waals surface area contributed by atoms with Crippen molar-refractivity contribution in [2.24, 2.45) is 4.99 Å². The van der Waals surface area contributed by atoms with Crippen LogP contribution in [0, 0.1) is 5.82 Å². The zero-order valence-corrected chi connectivity index (χ0v) is 18.8. The molecular formula is C22H30FN5OS. The highest BCUT2D eigenvalue weighted by Crippen LogP contribution is 2.16. The minimum Gasteiger partial charge on any atom is -0.352 e. The summed E-state index contributed by atoms with van der Waals surface area (Å²) >= 11 is 1.66. The largest absolute Gasteiger partial charge is 0.352 e. The summed E-state index contributed by atoms with van der Waals surface area (Å²) in [6.07, 6.45) is 2.00. The standard InChI is InChI=1S/C22H30FN5OS/c1-24-22(26-13-17-8-9-19(23)11-18(17)15-30-4)25-12-16-6-5-7-20(10-16)27-21(29)14-28(2)3/h5-11H,12-15H2,1-4H3,(H,27,29)(H2,24,25,26). The van der Waals surface area contributed by atoms with Gasteiger partial charge in [0, 0.05) is 31.6 Å². The number of benzene rings is 2. The predicted molar refractivity (Wildman–Crippen MR) is 124 cm³/mol. The molecule has 0 aliphatic carbocycles. The predicted octanol–water partition coefficient (Wildman–Crippen LogP) is 3.05. The molecule has 0 aliphatic rings. The van der Waals surface area contributed by atoms with Gasteiger partial charge in [-0.3, -0.25) is 9.79 Å². The van der Waals surface area contributed by atoms with Crippen molar-refractivity contribution in [2.45, 2.75) is 18.8 Å². The summed E-state index contributed by atoms with van der Waals surface area (Å²) in [5.74, 6) is 1.13. The molecule has 0 aromatic heterocycles. The Bertz CT molecular complexity index is 872. The van der Waals surface area contributed by atoms with Crippen molar-refractivity contribution in [3.8, 4) is 0 Å². The molecule has 0 atom stereocenters. The summed E-state index contributed by atoms with van der Waals surface area (Å²) < 4.78 is 13.5. The average molecular weight is 432 g/mol. The van der Waals surface area contributed by atoms with Crippen molar-refractivity contribution in [1.82, 2.24) is 15.5 Å². The molecule has 2 aromatic carbocycles. The van der Waals surface area contributed by atoms with E-state index in [2.05, 4.69) is 20.9 Å². The summed E-state index contributed by atoms with van der Waals surface area (Å²) in [5, 5.41) is 9.44. The van der Waals surface area contributed by atoms with Gasteiger partial charge in [-0.15, -0.1) is 0 Å². The molecule has 30 heavy (non-hydrogen) atoms. The van der Waals surface area contributed by atoms with Crippen molar-refractivity contribution < 1.29 is 9.18 Å². The molecule has 0 fully saturated rings. The molecule has 8 heteroatoms. The van der Waals surface area contributed by atoms with E-state index in [9.17, 15) is 9.18 Å². The Morgan fingerprint density at radius 1 is 1.10 bits per heavy atom. The topological polar surface area (TPSA) is 68.8 Å². The molecule has 6 nitrogen and oxygen atoms in total. The van der Waals surface area contributed by atoms with Crippen LogP contribution in [0.3, 0.4) is 0 Å². The molecule has 2 rings (SSSR count). The van der Waals surface area contributed by atoms with Crippen LogP contribution in [0.2, 0.25) is 0 Å². The van der Waals surface area contributed by atoms with Crippen LogP contribution in [-0.2, 0) is 23.6 Å². The zero-order valence-electron chi connectivity index (χ0n) is 18.0. The van der Waals surface area contributed by atoms with E-state index < -0.39 is 0 Å². The Kier molecular flexibility index (Phi) is 9.63. The van der Waals surface area contributed by atoms with Gasteiger partial charge < -0.3 is 20.9 Å². The number of rotatable bonds is 9. The first kappa shape index (κ1) is 23.7. The van der Waals surface area contributed by atoms with Gasteiger partial charge in [0.15, 0.2) is 5.96 Å². The molecule has 0 heterocycles. The van der Waals surface area contributed by atoms with Crippen LogP contribution in [0.5, 0.6) is 0 Å². The van der Waals surface area contributed by atoms with Crippen molar-refractivity contribution in [2.75, 3.05) is 39.3 Å². The highest BCUT2D eigenvalue weighted by molar-refractivity contribution is 7.97. The van der Waals surface area contributed by atoms with E-state index in [1.54, 1.807) is 30.9 Å². The molecule has 0 aliphatic heterocycles. The summed E-state index contributed by atoms with van der Waals surface area (Å²) in [6, 6.07) is 12.6. The second-order valence-electron chi connectivity index (χ2n) is 7.11. The van der Waals surface area contributed by atoms with Gasteiger partial charge in [0.2, 0.25) is 5.91 Å². The summed E-state index contributed by atoms with van der Waals surface area (Å²) in [4.78, 5) is 18.0. The average Bonchev–Trinajstić information content (AvgIpc) is 2.69. The minimum absolute atomic E-state index is 0.0528. The fourth-order valence-corrected chi connectivity index (χ4v) is 3.47. The third-order valence-corrected chi connectivity index (χ3v) is 4.87. The highest BCUT2D eigenvalue weighted by atomic mass is 32.2. The number of hydrogen-bond acceptors (Lipinski definition) is 4. The van der Waals surface area contributed by atoms with Crippen LogP contribution in [0.15, 0.2) is 47.5 Å². The number of thioether (sulfide) groups is 1. The molecule has 1 amide bonds. The van der Waals surface area contributed by atoms with Crippen LogP contribution < -0.4 is 16.0 Å². The molecule has 0 spiro atoms. The third kappa shape index (κ3) is 8.04. The Morgan fingerprint density at radius 3 is 2.57 bits per heavy atom. The Labute approximate surface area is 182 Å². The minimum atomic E-state index is -0.220. The number of anilines is 1. The van der Waals surface area contributed by atoms with Crippen molar-refractivity contribution >= 4 is 29.3 Å². The molecule has 0 saturated carbocycles. The molecule has 162 valence electrons.